The number of nitrogens with zero attached hydrogens (tertiary/aromatic N) is 2. The first-order chi connectivity index (χ1) is 9.72. The van der Waals surface area contributed by atoms with Gasteiger partial charge in [0.15, 0.2) is 0 Å². The van der Waals surface area contributed by atoms with E-state index < -0.39 is 47.2 Å². The van der Waals surface area contributed by atoms with Gasteiger partial charge in [-0.1, -0.05) is 0 Å². The second-order valence-corrected chi connectivity index (χ2v) is 4.02. The van der Waals surface area contributed by atoms with Gasteiger partial charge in [0, 0.05) is 11.6 Å². The molecule has 1 aromatic rings. The zero-order valence-corrected chi connectivity index (χ0v) is 10.6. The Morgan fingerprint density at radius 1 is 1.19 bits per heavy atom. The molecule has 0 aliphatic heterocycles. The Labute approximate surface area is 117 Å². The molecule has 1 aromatic carbocycles. The third-order valence-corrected chi connectivity index (χ3v) is 2.37. The molecular weight excluding hydrogens is 287 g/mol. The van der Waals surface area contributed by atoms with Crippen LogP contribution in [0, 0.1) is 15.9 Å². The zero-order chi connectivity index (χ0) is 16.2. The highest BCUT2D eigenvalue weighted by molar-refractivity contribution is 5.98. The van der Waals surface area contributed by atoms with Crippen molar-refractivity contribution in [3.05, 3.63) is 39.7 Å². The fourth-order valence-electron chi connectivity index (χ4n) is 1.54. The van der Waals surface area contributed by atoms with Crippen molar-refractivity contribution in [3.8, 4) is 0 Å². The molecule has 0 aromatic heterocycles. The Hall–Kier alpha value is -3.04. The minimum absolute atomic E-state index is 0.273. The van der Waals surface area contributed by atoms with Crippen LogP contribution in [0.4, 0.5) is 10.1 Å². The van der Waals surface area contributed by atoms with Crippen molar-refractivity contribution < 1.29 is 23.7 Å². The molecule has 1 rings (SSSR count). The van der Waals surface area contributed by atoms with Crippen molar-refractivity contribution in [1.29, 1.82) is 0 Å². The van der Waals surface area contributed by atoms with Gasteiger partial charge in [0.1, 0.15) is 13.1 Å². The first kappa shape index (κ1) is 16.0. The topological polar surface area (TPSA) is 150 Å². The summed E-state index contributed by atoms with van der Waals surface area (Å²) >= 11 is 0. The lowest BCUT2D eigenvalue weighted by atomic mass is 10.1. The molecule has 0 aliphatic rings. The molecule has 4 N–H and O–H groups in total. The first-order valence-electron chi connectivity index (χ1n) is 5.52. The number of amides is 3. The van der Waals surface area contributed by atoms with E-state index in [0.29, 0.717) is 11.0 Å². The van der Waals surface area contributed by atoms with Crippen LogP contribution in [-0.4, -0.2) is 40.6 Å². The molecule has 21 heavy (non-hydrogen) atoms. The number of halogens is 1. The highest BCUT2D eigenvalue weighted by Crippen LogP contribution is 2.19. The molecule has 112 valence electrons. The van der Waals surface area contributed by atoms with Crippen LogP contribution >= 0.6 is 0 Å². The van der Waals surface area contributed by atoms with Gasteiger partial charge in [0.05, 0.1) is 4.92 Å². The zero-order valence-electron chi connectivity index (χ0n) is 10.6. The molecule has 0 fully saturated rings. The number of nitrogens with two attached hydrogens (primary N) is 2. The number of hydrogen-bond donors (Lipinski definition) is 2. The monoisotopic (exact) mass is 298 g/mol. The van der Waals surface area contributed by atoms with E-state index in [2.05, 4.69) is 0 Å². The maximum atomic E-state index is 13.2. The molecule has 0 heterocycles. The van der Waals surface area contributed by atoms with Crippen molar-refractivity contribution in [2.24, 2.45) is 11.5 Å². The van der Waals surface area contributed by atoms with Crippen LogP contribution in [0.15, 0.2) is 18.2 Å². The SMILES string of the molecule is NC(=O)CN(CC(N)=O)C(=O)c1ccc(F)c([N+](=O)[O-])c1. The van der Waals surface area contributed by atoms with Gasteiger partial charge in [0.25, 0.3) is 5.91 Å². The molecule has 0 saturated carbocycles. The Morgan fingerprint density at radius 3 is 2.14 bits per heavy atom. The minimum atomic E-state index is -1.12. The van der Waals surface area contributed by atoms with Crippen LogP contribution < -0.4 is 11.5 Å². The van der Waals surface area contributed by atoms with Gasteiger partial charge in [-0.15, -0.1) is 0 Å². The molecule has 0 saturated heterocycles. The number of nitro benzene ring substituents is 1. The van der Waals surface area contributed by atoms with Crippen LogP contribution in [0.5, 0.6) is 0 Å². The predicted molar refractivity (Wildman–Crippen MR) is 67.3 cm³/mol. The molecule has 0 unspecified atom stereocenters. The Morgan fingerprint density at radius 2 is 1.71 bits per heavy atom. The average molecular weight is 298 g/mol. The van der Waals surface area contributed by atoms with Gasteiger partial charge in [-0.3, -0.25) is 24.5 Å². The van der Waals surface area contributed by atoms with Crippen molar-refractivity contribution >= 4 is 23.4 Å². The first-order valence-corrected chi connectivity index (χ1v) is 5.52. The molecule has 0 atom stereocenters. The summed E-state index contributed by atoms with van der Waals surface area (Å²) in [6.45, 7) is -1.21. The van der Waals surface area contributed by atoms with Crippen LogP contribution in [0.2, 0.25) is 0 Å². The second kappa shape index (κ2) is 6.41. The summed E-state index contributed by atoms with van der Waals surface area (Å²) in [7, 11) is 0. The minimum Gasteiger partial charge on any atom is -0.368 e. The lowest BCUT2D eigenvalue weighted by Crippen LogP contribution is -2.43. The van der Waals surface area contributed by atoms with Crippen molar-refractivity contribution in [2.75, 3.05) is 13.1 Å². The van der Waals surface area contributed by atoms with E-state index in [1.807, 2.05) is 0 Å². The molecule has 0 radical (unpaired) electrons. The van der Waals surface area contributed by atoms with Crippen LogP contribution in [0.25, 0.3) is 0 Å². The van der Waals surface area contributed by atoms with E-state index in [0.717, 1.165) is 12.1 Å². The Kier molecular flexibility index (Phi) is 4.89. The summed E-state index contributed by atoms with van der Waals surface area (Å²) in [5.74, 6) is -3.83. The largest absolute Gasteiger partial charge is 0.368 e. The number of primary amides is 2. The van der Waals surface area contributed by atoms with E-state index >= 15 is 0 Å². The number of carbonyl (C=O) groups excluding carboxylic acids is 3. The fraction of sp³-hybridized carbons (Fsp3) is 0.182. The van der Waals surface area contributed by atoms with E-state index in [1.165, 1.54) is 0 Å². The lowest BCUT2D eigenvalue weighted by Gasteiger charge is -2.19. The van der Waals surface area contributed by atoms with Gasteiger partial charge in [0.2, 0.25) is 17.6 Å². The number of nitro groups is 1. The second-order valence-electron chi connectivity index (χ2n) is 4.02. The molecule has 3 amide bonds. The molecular formula is C11H11FN4O5. The third kappa shape index (κ3) is 4.23. The molecule has 0 aliphatic carbocycles. The highest BCUT2D eigenvalue weighted by Gasteiger charge is 2.23. The summed E-state index contributed by atoms with van der Waals surface area (Å²) in [6.07, 6.45) is 0. The summed E-state index contributed by atoms with van der Waals surface area (Å²) in [4.78, 5) is 44.1. The summed E-state index contributed by atoms with van der Waals surface area (Å²) < 4.78 is 13.2. The van der Waals surface area contributed by atoms with Gasteiger partial charge >= 0.3 is 5.69 Å². The van der Waals surface area contributed by atoms with E-state index in [9.17, 15) is 28.9 Å². The van der Waals surface area contributed by atoms with Gasteiger partial charge in [-0.05, 0) is 12.1 Å². The van der Waals surface area contributed by atoms with Crippen LogP contribution in [0.3, 0.4) is 0 Å². The summed E-state index contributed by atoms with van der Waals surface area (Å²) in [5, 5.41) is 10.6. The lowest BCUT2D eigenvalue weighted by molar-refractivity contribution is -0.387. The molecule has 0 spiro atoms. The number of carbonyl (C=O) groups is 3. The number of hydrogen-bond acceptors (Lipinski definition) is 5. The Bertz CT molecular complexity index is 603. The van der Waals surface area contributed by atoms with E-state index in [1.54, 1.807) is 0 Å². The van der Waals surface area contributed by atoms with Gasteiger partial charge in [-0.25, -0.2) is 0 Å². The molecule has 9 nitrogen and oxygen atoms in total. The average Bonchev–Trinajstić information content (AvgIpc) is 2.36. The Balaban J connectivity index is 3.13. The molecule has 0 bridgehead atoms. The third-order valence-electron chi connectivity index (χ3n) is 2.37. The van der Waals surface area contributed by atoms with Crippen molar-refractivity contribution in [2.45, 2.75) is 0 Å². The van der Waals surface area contributed by atoms with Crippen molar-refractivity contribution in [1.82, 2.24) is 4.90 Å². The summed E-state index contributed by atoms with van der Waals surface area (Å²) in [6, 6.07) is 2.42. The van der Waals surface area contributed by atoms with E-state index in [-0.39, 0.29) is 5.56 Å². The maximum Gasteiger partial charge on any atom is 0.305 e. The van der Waals surface area contributed by atoms with Gasteiger partial charge in [-0.2, -0.15) is 4.39 Å². The maximum absolute atomic E-state index is 13.2. The van der Waals surface area contributed by atoms with Crippen LogP contribution in [-0.2, 0) is 9.59 Å². The van der Waals surface area contributed by atoms with Crippen LogP contribution in [0.1, 0.15) is 10.4 Å². The quantitative estimate of drug-likeness (QED) is 0.517. The fourth-order valence-corrected chi connectivity index (χ4v) is 1.54. The predicted octanol–water partition coefficient (Wildman–Crippen LogP) is -0.853. The van der Waals surface area contributed by atoms with E-state index in [4.69, 9.17) is 11.5 Å². The highest BCUT2D eigenvalue weighted by atomic mass is 19.1. The molecule has 10 heteroatoms. The van der Waals surface area contributed by atoms with Gasteiger partial charge < -0.3 is 16.4 Å². The summed E-state index contributed by atoms with van der Waals surface area (Å²) in [5.41, 5.74) is 8.69. The number of rotatable bonds is 6. The van der Waals surface area contributed by atoms with Crippen molar-refractivity contribution in [3.63, 3.8) is 0 Å². The number of benzene rings is 1. The standard InChI is InChI=1S/C11H11FN4O5/c12-7-2-1-6(3-8(7)16(20)21)11(19)15(4-9(13)17)5-10(14)18/h1-3H,4-5H2,(H2,13,17)(H2,14,18). The smallest absolute Gasteiger partial charge is 0.305 e. The normalized spacial score (nSPS) is 9.95.